The van der Waals surface area contributed by atoms with Crippen LogP contribution in [0.4, 0.5) is 4.39 Å². The highest BCUT2D eigenvalue weighted by atomic mass is 19.1. The van der Waals surface area contributed by atoms with E-state index in [1.807, 2.05) is 12.1 Å². The summed E-state index contributed by atoms with van der Waals surface area (Å²) in [5.41, 5.74) is 0.783. The number of rotatable bonds is 5. The van der Waals surface area contributed by atoms with Crippen molar-refractivity contribution in [2.24, 2.45) is 17.8 Å². The van der Waals surface area contributed by atoms with E-state index in [0.717, 1.165) is 23.9 Å². The molecule has 0 aromatic heterocycles. The molecule has 1 N–H and O–H groups in total. The van der Waals surface area contributed by atoms with Gasteiger partial charge in [0.05, 0.1) is 7.11 Å². The summed E-state index contributed by atoms with van der Waals surface area (Å²) < 4.78 is 19.7. The molecule has 3 atom stereocenters. The van der Waals surface area contributed by atoms with Gasteiger partial charge in [-0.3, -0.25) is 0 Å². The fraction of sp³-hybridized carbons (Fsp3) is 0.647. The summed E-state index contributed by atoms with van der Waals surface area (Å²) in [6.07, 6.45) is 5.33. The molecule has 0 aliphatic heterocycles. The van der Waals surface area contributed by atoms with Crippen molar-refractivity contribution in [2.45, 2.75) is 38.6 Å². The van der Waals surface area contributed by atoms with Gasteiger partial charge >= 0.3 is 0 Å². The maximum atomic E-state index is 14.5. The zero-order valence-corrected chi connectivity index (χ0v) is 12.4. The first-order valence-corrected chi connectivity index (χ1v) is 7.83. The predicted molar refractivity (Wildman–Crippen MR) is 78.3 cm³/mol. The van der Waals surface area contributed by atoms with Gasteiger partial charge in [-0.15, -0.1) is 0 Å². The van der Waals surface area contributed by atoms with Crippen LogP contribution in [0.1, 0.15) is 44.2 Å². The third-order valence-electron chi connectivity index (χ3n) is 5.08. The quantitative estimate of drug-likeness (QED) is 0.880. The molecule has 1 aromatic rings. The van der Waals surface area contributed by atoms with Crippen molar-refractivity contribution in [2.75, 3.05) is 13.7 Å². The van der Waals surface area contributed by atoms with Crippen molar-refractivity contribution >= 4 is 0 Å². The van der Waals surface area contributed by atoms with Crippen LogP contribution >= 0.6 is 0 Å². The summed E-state index contributed by atoms with van der Waals surface area (Å²) in [6, 6.07) is 5.65. The Hall–Kier alpha value is -1.09. The smallest absolute Gasteiger partial charge is 0.169 e. The minimum absolute atomic E-state index is 0.142. The predicted octanol–water partition coefficient (Wildman–Crippen LogP) is 3.92. The molecular formula is C17H24FNO. The summed E-state index contributed by atoms with van der Waals surface area (Å²) in [5, 5.41) is 3.51. The van der Waals surface area contributed by atoms with Crippen LogP contribution in [0.2, 0.25) is 0 Å². The molecule has 0 radical (unpaired) electrons. The Morgan fingerprint density at radius 1 is 1.30 bits per heavy atom. The van der Waals surface area contributed by atoms with Gasteiger partial charge in [-0.1, -0.05) is 31.9 Å². The fourth-order valence-corrected chi connectivity index (χ4v) is 4.14. The third-order valence-corrected chi connectivity index (χ3v) is 5.08. The number of fused-ring (bicyclic) bond motifs is 1. The second kappa shape index (κ2) is 5.72. The molecule has 3 heteroatoms. The minimum Gasteiger partial charge on any atom is -0.494 e. The lowest BCUT2D eigenvalue weighted by atomic mass is 9.98. The van der Waals surface area contributed by atoms with Crippen LogP contribution in [-0.4, -0.2) is 13.7 Å². The zero-order valence-electron chi connectivity index (χ0n) is 12.4. The van der Waals surface area contributed by atoms with Crippen molar-refractivity contribution in [1.82, 2.24) is 5.32 Å². The molecule has 2 aliphatic carbocycles. The van der Waals surface area contributed by atoms with Gasteiger partial charge in [-0.05, 0) is 43.2 Å². The Kier molecular flexibility index (Phi) is 3.97. The number of hydrogen-bond acceptors (Lipinski definition) is 2. The van der Waals surface area contributed by atoms with Crippen LogP contribution in [0.25, 0.3) is 0 Å². The normalized spacial score (nSPS) is 29.6. The Morgan fingerprint density at radius 3 is 2.60 bits per heavy atom. The van der Waals surface area contributed by atoms with E-state index >= 15 is 0 Å². The number of hydrogen-bond donors (Lipinski definition) is 1. The molecule has 20 heavy (non-hydrogen) atoms. The van der Waals surface area contributed by atoms with Crippen molar-refractivity contribution in [1.29, 1.82) is 0 Å². The first kappa shape index (κ1) is 13.9. The standard InChI is InChI=1S/C17H24FNO/c1-3-19-17(15-11-7-4-5-8-12(11)15)13-9-6-10-14(20-2)16(13)18/h6,9-12,15,17,19H,3-5,7-8H2,1-2H3. The van der Waals surface area contributed by atoms with E-state index in [2.05, 4.69) is 12.2 Å². The molecule has 0 heterocycles. The average molecular weight is 277 g/mol. The van der Waals surface area contributed by atoms with Gasteiger partial charge in [0.25, 0.3) is 0 Å². The topological polar surface area (TPSA) is 21.3 Å². The van der Waals surface area contributed by atoms with Crippen molar-refractivity contribution in [3.8, 4) is 5.75 Å². The number of halogens is 1. The Balaban J connectivity index is 1.87. The van der Waals surface area contributed by atoms with Crippen LogP contribution < -0.4 is 10.1 Å². The van der Waals surface area contributed by atoms with Gasteiger partial charge in [0.15, 0.2) is 11.6 Å². The number of ether oxygens (including phenoxy) is 1. The molecule has 2 saturated carbocycles. The van der Waals surface area contributed by atoms with Gasteiger partial charge < -0.3 is 10.1 Å². The van der Waals surface area contributed by atoms with Gasteiger partial charge in [-0.2, -0.15) is 0 Å². The molecule has 1 aromatic carbocycles. The van der Waals surface area contributed by atoms with Crippen LogP contribution in [0.5, 0.6) is 5.75 Å². The zero-order chi connectivity index (χ0) is 14.1. The van der Waals surface area contributed by atoms with Crippen LogP contribution in [0.3, 0.4) is 0 Å². The van der Waals surface area contributed by atoms with E-state index in [1.165, 1.54) is 32.8 Å². The van der Waals surface area contributed by atoms with Gasteiger partial charge in [0, 0.05) is 11.6 Å². The fourth-order valence-electron chi connectivity index (χ4n) is 4.14. The lowest BCUT2D eigenvalue weighted by Gasteiger charge is -2.20. The highest BCUT2D eigenvalue weighted by Gasteiger charge is 2.54. The van der Waals surface area contributed by atoms with E-state index in [-0.39, 0.29) is 11.9 Å². The molecule has 2 aliphatic rings. The molecular weight excluding hydrogens is 253 g/mol. The largest absolute Gasteiger partial charge is 0.494 e. The highest BCUT2D eigenvalue weighted by Crippen LogP contribution is 2.60. The monoisotopic (exact) mass is 277 g/mol. The van der Waals surface area contributed by atoms with E-state index in [4.69, 9.17) is 4.74 Å². The molecule has 0 bridgehead atoms. The molecule has 0 saturated heterocycles. The van der Waals surface area contributed by atoms with E-state index < -0.39 is 0 Å². The molecule has 3 rings (SSSR count). The number of benzene rings is 1. The first-order valence-electron chi connectivity index (χ1n) is 7.83. The van der Waals surface area contributed by atoms with Crippen LogP contribution in [0, 0.1) is 23.6 Å². The summed E-state index contributed by atoms with van der Waals surface area (Å²) in [5.74, 6) is 2.38. The summed E-state index contributed by atoms with van der Waals surface area (Å²) >= 11 is 0. The summed E-state index contributed by atoms with van der Waals surface area (Å²) in [4.78, 5) is 0. The molecule has 2 fully saturated rings. The number of methoxy groups -OCH3 is 1. The van der Waals surface area contributed by atoms with Crippen molar-refractivity contribution in [3.63, 3.8) is 0 Å². The minimum atomic E-state index is -0.190. The van der Waals surface area contributed by atoms with Crippen LogP contribution in [-0.2, 0) is 0 Å². The van der Waals surface area contributed by atoms with Gasteiger partial charge in [-0.25, -0.2) is 4.39 Å². The second-order valence-electron chi connectivity index (χ2n) is 6.09. The second-order valence-corrected chi connectivity index (χ2v) is 6.09. The Morgan fingerprint density at radius 2 is 2.00 bits per heavy atom. The van der Waals surface area contributed by atoms with E-state index in [0.29, 0.717) is 11.7 Å². The van der Waals surface area contributed by atoms with Crippen molar-refractivity contribution < 1.29 is 9.13 Å². The lowest BCUT2D eigenvalue weighted by molar-refractivity contribution is 0.373. The number of nitrogens with one attached hydrogen (secondary N) is 1. The molecule has 110 valence electrons. The first-order chi connectivity index (χ1) is 9.77. The maximum absolute atomic E-state index is 14.5. The average Bonchev–Trinajstić information content (AvgIpc) is 3.20. The molecule has 0 amide bonds. The molecule has 2 nitrogen and oxygen atoms in total. The Labute approximate surface area is 120 Å². The van der Waals surface area contributed by atoms with E-state index in [9.17, 15) is 4.39 Å². The molecule has 0 spiro atoms. The highest BCUT2D eigenvalue weighted by molar-refractivity contribution is 5.34. The SMILES string of the molecule is CCNC(c1cccc(OC)c1F)C1C2CCCCC21. The van der Waals surface area contributed by atoms with Gasteiger partial charge in [0.2, 0.25) is 0 Å². The summed E-state index contributed by atoms with van der Waals surface area (Å²) in [7, 11) is 1.53. The third kappa shape index (κ3) is 2.32. The lowest BCUT2D eigenvalue weighted by Crippen LogP contribution is -2.25. The maximum Gasteiger partial charge on any atom is 0.169 e. The Bertz CT molecular complexity index is 464. The van der Waals surface area contributed by atoms with Gasteiger partial charge in [0.1, 0.15) is 0 Å². The van der Waals surface area contributed by atoms with E-state index in [1.54, 1.807) is 6.07 Å². The van der Waals surface area contributed by atoms with Crippen molar-refractivity contribution in [3.05, 3.63) is 29.6 Å². The van der Waals surface area contributed by atoms with Crippen LogP contribution in [0.15, 0.2) is 18.2 Å². The molecule has 3 unspecified atom stereocenters. The summed E-state index contributed by atoms with van der Waals surface area (Å²) in [6.45, 7) is 2.97.